The van der Waals surface area contributed by atoms with Crippen LogP contribution in [0.1, 0.15) is 18.2 Å². The molecule has 0 amide bonds. The van der Waals surface area contributed by atoms with Gasteiger partial charge in [0.1, 0.15) is 11.6 Å². The van der Waals surface area contributed by atoms with E-state index in [1.54, 1.807) is 7.11 Å². The summed E-state index contributed by atoms with van der Waals surface area (Å²) in [7, 11) is 1.72. The molecule has 4 heteroatoms. The van der Waals surface area contributed by atoms with Gasteiger partial charge in [0.15, 0.2) is 0 Å². The molecule has 0 aliphatic carbocycles. The third-order valence-electron chi connectivity index (χ3n) is 5.68. The summed E-state index contributed by atoms with van der Waals surface area (Å²) in [6.07, 6.45) is 5.13. The number of rotatable bonds is 6. The smallest absolute Gasteiger partial charge is 0.137 e. The van der Waals surface area contributed by atoms with Gasteiger partial charge in [-0.05, 0) is 42.1 Å². The quantitative estimate of drug-likeness (QED) is 0.616. The Kier molecular flexibility index (Phi) is 6.11. The number of benzene rings is 2. The first-order chi connectivity index (χ1) is 14.3. The van der Waals surface area contributed by atoms with E-state index in [0.29, 0.717) is 0 Å². The van der Waals surface area contributed by atoms with Crippen molar-refractivity contribution in [2.45, 2.75) is 13.3 Å². The summed E-state index contributed by atoms with van der Waals surface area (Å²) < 4.78 is 5.46. The number of allylic oxidation sites excluding steroid dienone is 1. The molecule has 2 aromatic carbocycles. The molecule has 1 saturated heterocycles. The average Bonchev–Trinajstić information content (AvgIpc) is 2.79. The molecular formula is C25H29N3O. The van der Waals surface area contributed by atoms with Crippen LogP contribution in [0.4, 0.5) is 5.82 Å². The van der Waals surface area contributed by atoms with Crippen LogP contribution in [-0.2, 0) is 6.42 Å². The minimum Gasteiger partial charge on any atom is -0.496 e. The van der Waals surface area contributed by atoms with Crippen molar-refractivity contribution in [3.05, 3.63) is 71.9 Å². The third-order valence-corrected chi connectivity index (χ3v) is 5.68. The molecule has 0 saturated carbocycles. The van der Waals surface area contributed by atoms with Crippen LogP contribution in [-0.4, -0.2) is 49.7 Å². The minimum absolute atomic E-state index is 0.822. The van der Waals surface area contributed by atoms with Gasteiger partial charge in [-0.25, -0.2) is 4.98 Å². The highest BCUT2D eigenvalue weighted by Crippen LogP contribution is 2.27. The largest absolute Gasteiger partial charge is 0.496 e. The topological polar surface area (TPSA) is 28.6 Å². The number of nitrogens with zero attached hydrogens (tertiary/aromatic N) is 3. The van der Waals surface area contributed by atoms with E-state index >= 15 is 0 Å². The molecule has 0 bridgehead atoms. The lowest BCUT2D eigenvalue weighted by Crippen LogP contribution is -2.46. The molecule has 1 aliphatic rings. The molecule has 1 aliphatic heterocycles. The molecule has 0 N–H and O–H groups in total. The number of likely N-dealkylation sites (N-methyl/N-ethyl adjacent to an activating group) is 1. The monoisotopic (exact) mass is 387 g/mol. The SMILES string of the molecule is CCN1CCN(c2nc(/C=C/Cc3ccccc3OC)cc3ccccc23)CC1. The van der Waals surface area contributed by atoms with E-state index in [4.69, 9.17) is 9.72 Å². The Morgan fingerprint density at radius 2 is 1.76 bits per heavy atom. The second kappa shape index (κ2) is 9.10. The van der Waals surface area contributed by atoms with Crippen molar-refractivity contribution in [3.63, 3.8) is 0 Å². The summed E-state index contributed by atoms with van der Waals surface area (Å²) in [5, 5.41) is 2.48. The zero-order valence-corrected chi connectivity index (χ0v) is 17.3. The highest BCUT2D eigenvalue weighted by atomic mass is 16.5. The van der Waals surface area contributed by atoms with E-state index in [2.05, 4.69) is 65.3 Å². The molecule has 3 aromatic rings. The lowest BCUT2D eigenvalue weighted by Gasteiger charge is -2.35. The van der Waals surface area contributed by atoms with Crippen molar-refractivity contribution in [1.82, 2.24) is 9.88 Å². The maximum atomic E-state index is 5.46. The Bertz CT molecular complexity index is 990. The van der Waals surface area contributed by atoms with Crippen molar-refractivity contribution in [3.8, 4) is 5.75 Å². The number of piperazine rings is 1. The lowest BCUT2D eigenvalue weighted by atomic mass is 10.1. The van der Waals surface area contributed by atoms with Crippen LogP contribution in [0.25, 0.3) is 16.8 Å². The first kappa shape index (κ1) is 19.5. The maximum Gasteiger partial charge on any atom is 0.137 e. The van der Waals surface area contributed by atoms with Crippen LogP contribution >= 0.6 is 0 Å². The van der Waals surface area contributed by atoms with Gasteiger partial charge in [0.25, 0.3) is 0 Å². The molecule has 0 spiro atoms. The molecule has 0 atom stereocenters. The standard InChI is InChI=1S/C25H29N3O/c1-3-27-15-17-28(18-16-27)25-23-13-6-4-10-21(23)19-22(26-25)12-8-11-20-9-5-7-14-24(20)29-2/h4-10,12-14,19H,3,11,15-18H2,1-2H3/b12-8+. The average molecular weight is 388 g/mol. The van der Waals surface area contributed by atoms with Crippen molar-refractivity contribution in [1.29, 1.82) is 0 Å². The normalized spacial score (nSPS) is 15.3. The Balaban J connectivity index is 1.60. The Morgan fingerprint density at radius 3 is 2.55 bits per heavy atom. The van der Waals surface area contributed by atoms with Crippen LogP contribution < -0.4 is 9.64 Å². The number of hydrogen-bond donors (Lipinski definition) is 0. The van der Waals surface area contributed by atoms with Gasteiger partial charge >= 0.3 is 0 Å². The fourth-order valence-electron chi connectivity index (χ4n) is 3.98. The van der Waals surface area contributed by atoms with Crippen molar-refractivity contribution < 1.29 is 4.74 Å². The Morgan fingerprint density at radius 1 is 1.00 bits per heavy atom. The molecular weight excluding hydrogens is 358 g/mol. The predicted octanol–water partition coefficient (Wildman–Crippen LogP) is 4.64. The highest BCUT2D eigenvalue weighted by molar-refractivity contribution is 5.93. The molecule has 29 heavy (non-hydrogen) atoms. The van der Waals surface area contributed by atoms with Crippen LogP contribution in [0.5, 0.6) is 5.75 Å². The number of hydrogen-bond acceptors (Lipinski definition) is 4. The number of ether oxygens (including phenoxy) is 1. The molecule has 150 valence electrons. The highest BCUT2D eigenvalue weighted by Gasteiger charge is 2.19. The van der Waals surface area contributed by atoms with Gasteiger partial charge in [0.2, 0.25) is 0 Å². The molecule has 1 fully saturated rings. The summed E-state index contributed by atoms with van der Waals surface area (Å²) >= 11 is 0. The summed E-state index contributed by atoms with van der Waals surface area (Å²) in [4.78, 5) is 9.97. The number of anilines is 1. The first-order valence-electron chi connectivity index (χ1n) is 10.4. The van der Waals surface area contributed by atoms with E-state index in [9.17, 15) is 0 Å². The number of methoxy groups -OCH3 is 1. The summed E-state index contributed by atoms with van der Waals surface area (Å²) in [6.45, 7) is 7.60. The molecule has 4 nitrogen and oxygen atoms in total. The fraction of sp³-hybridized carbons (Fsp3) is 0.320. The molecule has 4 rings (SSSR count). The van der Waals surface area contributed by atoms with Gasteiger partial charge in [0, 0.05) is 31.6 Å². The van der Waals surface area contributed by atoms with E-state index in [1.807, 2.05) is 18.2 Å². The van der Waals surface area contributed by atoms with Crippen molar-refractivity contribution in [2.24, 2.45) is 0 Å². The van der Waals surface area contributed by atoms with Gasteiger partial charge in [-0.3, -0.25) is 0 Å². The van der Waals surface area contributed by atoms with E-state index in [-0.39, 0.29) is 0 Å². The number of para-hydroxylation sites is 1. The van der Waals surface area contributed by atoms with E-state index in [1.165, 1.54) is 16.3 Å². The lowest BCUT2D eigenvalue weighted by molar-refractivity contribution is 0.271. The number of fused-ring (bicyclic) bond motifs is 1. The van der Waals surface area contributed by atoms with Gasteiger partial charge < -0.3 is 14.5 Å². The van der Waals surface area contributed by atoms with Crippen LogP contribution in [0.2, 0.25) is 0 Å². The zero-order valence-electron chi connectivity index (χ0n) is 17.3. The van der Waals surface area contributed by atoms with E-state index < -0.39 is 0 Å². The maximum absolute atomic E-state index is 5.46. The van der Waals surface area contributed by atoms with Crippen LogP contribution in [0, 0.1) is 0 Å². The zero-order chi connectivity index (χ0) is 20.1. The fourth-order valence-corrected chi connectivity index (χ4v) is 3.98. The number of aromatic nitrogens is 1. The molecule has 1 aromatic heterocycles. The van der Waals surface area contributed by atoms with Gasteiger partial charge in [-0.2, -0.15) is 0 Å². The van der Waals surface area contributed by atoms with Gasteiger partial charge in [-0.15, -0.1) is 0 Å². The second-order valence-electron chi connectivity index (χ2n) is 7.43. The van der Waals surface area contributed by atoms with Crippen molar-refractivity contribution in [2.75, 3.05) is 44.7 Å². The summed E-state index contributed by atoms with van der Waals surface area (Å²) in [6, 6.07) is 18.9. The van der Waals surface area contributed by atoms with Crippen molar-refractivity contribution >= 4 is 22.7 Å². The van der Waals surface area contributed by atoms with Gasteiger partial charge in [0.05, 0.1) is 12.8 Å². The minimum atomic E-state index is 0.822. The van der Waals surface area contributed by atoms with Crippen LogP contribution in [0.3, 0.4) is 0 Å². The Labute approximate surface area is 173 Å². The van der Waals surface area contributed by atoms with E-state index in [0.717, 1.165) is 56.4 Å². The van der Waals surface area contributed by atoms with Crippen LogP contribution in [0.15, 0.2) is 60.7 Å². The van der Waals surface area contributed by atoms with Gasteiger partial charge in [-0.1, -0.05) is 55.5 Å². The summed E-state index contributed by atoms with van der Waals surface area (Å²) in [5.41, 5.74) is 2.19. The molecule has 0 radical (unpaired) electrons. The Hall–Kier alpha value is -2.85. The number of pyridine rings is 1. The summed E-state index contributed by atoms with van der Waals surface area (Å²) in [5.74, 6) is 2.04. The third kappa shape index (κ3) is 4.43. The molecule has 2 heterocycles. The first-order valence-corrected chi connectivity index (χ1v) is 10.4. The molecule has 0 unspecified atom stereocenters. The second-order valence-corrected chi connectivity index (χ2v) is 7.43. The predicted molar refractivity (Wildman–Crippen MR) is 122 cm³/mol.